The van der Waals surface area contributed by atoms with Gasteiger partial charge < -0.3 is 18.8 Å². The third-order valence-corrected chi connectivity index (χ3v) is 3.85. The normalized spacial score (nSPS) is 11.3. The van der Waals surface area contributed by atoms with E-state index >= 15 is 0 Å². The van der Waals surface area contributed by atoms with Crippen molar-refractivity contribution in [1.29, 1.82) is 0 Å². The molecule has 0 fully saturated rings. The van der Waals surface area contributed by atoms with E-state index in [1.54, 1.807) is 36.6 Å². The molecule has 1 aromatic carbocycles. The monoisotopic (exact) mass is 373 g/mol. The molecule has 0 aliphatic rings. The predicted octanol–water partition coefficient (Wildman–Crippen LogP) is 2.72. The molecule has 0 radical (unpaired) electrons. The highest BCUT2D eigenvalue weighted by molar-refractivity contribution is 5.95. The molecule has 0 saturated carbocycles. The van der Waals surface area contributed by atoms with Crippen molar-refractivity contribution in [3.63, 3.8) is 0 Å². The van der Waals surface area contributed by atoms with Crippen molar-refractivity contribution in [1.82, 2.24) is 4.57 Å². The largest absolute Gasteiger partial charge is 0.463 e. The summed E-state index contributed by atoms with van der Waals surface area (Å²) in [6, 6.07) is 6.80. The molecule has 0 N–H and O–H groups in total. The average molecular weight is 373 g/mol. The van der Waals surface area contributed by atoms with Crippen LogP contribution in [0.5, 0.6) is 5.75 Å². The Kier molecular flexibility index (Phi) is 6.76. The molecule has 0 spiro atoms. The minimum absolute atomic E-state index is 0.126. The van der Waals surface area contributed by atoms with Crippen LogP contribution in [-0.4, -0.2) is 29.7 Å². The minimum Gasteiger partial charge on any atom is -0.463 e. The molecule has 0 aliphatic heterocycles. The van der Waals surface area contributed by atoms with Crippen LogP contribution >= 0.6 is 0 Å². The first-order valence-electron chi connectivity index (χ1n) is 8.78. The van der Waals surface area contributed by atoms with Gasteiger partial charge in [0.2, 0.25) is 5.76 Å². The second kappa shape index (κ2) is 9.02. The molecule has 0 unspecified atom stereocenters. The molecule has 7 nitrogen and oxygen atoms in total. The predicted molar refractivity (Wildman–Crippen MR) is 101 cm³/mol. The van der Waals surface area contributed by atoms with Gasteiger partial charge in [-0.25, -0.2) is 9.59 Å². The highest BCUT2D eigenvalue weighted by Gasteiger charge is 2.17. The fourth-order valence-corrected chi connectivity index (χ4v) is 2.66. The zero-order chi connectivity index (χ0) is 20.0. The molecular weight excluding hydrogens is 350 g/mol. The minimum atomic E-state index is -0.791. The van der Waals surface area contributed by atoms with Crippen LogP contribution in [0.1, 0.15) is 26.5 Å². The van der Waals surface area contributed by atoms with Gasteiger partial charge >= 0.3 is 11.9 Å². The second-order valence-corrected chi connectivity index (χ2v) is 5.67. The number of nitrogens with zero attached hydrogens (tertiary/aromatic N) is 1. The summed E-state index contributed by atoms with van der Waals surface area (Å²) in [4.78, 5) is 36.4. The number of aromatic nitrogens is 1. The van der Waals surface area contributed by atoms with Gasteiger partial charge in [0, 0.05) is 12.2 Å². The quantitative estimate of drug-likeness (QED) is 0.422. The van der Waals surface area contributed by atoms with Gasteiger partial charge in [-0.2, -0.15) is 0 Å². The number of hydrogen-bond donors (Lipinski definition) is 0. The number of pyridine rings is 1. The van der Waals surface area contributed by atoms with Crippen LogP contribution in [0.4, 0.5) is 0 Å². The highest BCUT2D eigenvalue weighted by atomic mass is 16.6. The van der Waals surface area contributed by atoms with E-state index in [4.69, 9.17) is 14.2 Å². The van der Waals surface area contributed by atoms with Crippen molar-refractivity contribution < 1.29 is 23.8 Å². The van der Waals surface area contributed by atoms with Crippen LogP contribution in [0.2, 0.25) is 0 Å². The second-order valence-electron chi connectivity index (χ2n) is 5.67. The molecular formula is C20H23NO6. The summed E-state index contributed by atoms with van der Waals surface area (Å²) < 4.78 is 16.9. The Morgan fingerprint density at radius 2 is 1.78 bits per heavy atom. The summed E-state index contributed by atoms with van der Waals surface area (Å²) in [6.07, 6.45) is 0.936. The fourth-order valence-electron chi connectivity index (χ4n) is 2.66. The van der Waals surface area contributed by atoms with Crippen LogP contribution in [0.3, 0.4) is 0 Å². The van der Waals surface area contributed by atoms with Crippen molar-refractivity contribution in [2.45, 2.75) is 34.2 Å². The van der Waals surface area contributed by atoms with Gasteiger partial charge in [-0.05, 0) is 51.3 Å². The lowest BCUT2D eigenvalue weighted by atomic mass is 10.1. The highest BCUT2D eigenvalue weighted by Crippen LogP contribution is 2.21. The van der Waals surface area contributed by atoms with Gasteiger partial charge in [0.05, 0.1) is 24.7 Å². The SMILES string of the molecule is CCOC(=O)/C=C(\Oc1ccc2cc(C)n(CC)c(=O)c2c1)C(=O)OCC. The van der Waals surface area contributed by atoms with Crippen LogP contribution in [0.25, 0.3) is 10.8 Å². The van der Waals surface area contributed by atoms with Crippen molar-refractivity contribution in [3.05, 3.63) is 52.1 Å². The Bertz CT molecular complexity index is 941. The van der Waals surface area contributed by atoms with E-state index in [1.807, 2.05) is 19.9 Å². The average Bonchev–Trinajstić information content (AvgIpc) is 2.62. The number of benzene rings is 1. The van der Waals surface area contributed by atoms with Crippen LogP contribution < -0.4 is 10.3 Å². The van der Waals surface area contributed by atoms with E-state index in [2.05, 4.69) is 0 Å². The number of carbonyl (C=O) groups excluding carboxylic acids is 2. The third-order valence-electron chi connectivity index (χ3n) is 3.85. The van der Waals surface area contributed by atoms with Gasteiger partial charge in [0.1, 0.15) is 5.75 Å². The Hall–Kier alpha value is -3.09. The molecule has 7 heteroatoms. The van der Waals surface area contributed by atoms with Gasteiger partial charge in [-0.15, -0.1) is 0 Å². The van der Waals surface area contributed by atoms with Gasteiger partial charge in [0.25, 0.3) is 5.56 Å². The third kappa shape index (κ3) is 4.75. The van der Waals surface area contributed by atoms with E-state index in [1.165, 1.54) is 0 Å². The van der Waals surface area contributed by atoms with E-state index in [-0.39, 0.29) is 30.3 Å². The van der Waals surface area contributed by atoms with E-state index < -0.39 is 11.9 Å². The number of hydrogen-bond acceptors (Lipinski definition) is 6. The zero-order valence-electron chi connectivity index (χ0n) is 15.9. The van der Waals surface area contributed by atoms with Gasteiger partial charge in [-0.3, -0.25) is 4.79 Å². The molecule has 144 valence electrons. The zero-order valence-corrected chi connectivity index (χ0v) is 15.9. The molecule has 2 rings (SSSR count). The number of carbonyl (C=O) groups is 2. The molecule has 0 atom stereocenters. The van der Waals surface area contributed by atoms with E-state index in [9.17, 15) is 14.4 Å². The van der Waals surface area contributed by atoms with Crippen LogP contribution in [0, 0.1) is 6.92 Å². The lowest BCUT2D eigenvalue weighted by Gasteiger charge is -2.12. The summed E-state index contributed by atoms with van der Waals surface area (Å²) in [5.74, 6) is -1.57. The van der Waals surface area contributed by atoms with Gasteiger partial charge in [-0.1, -0.05) is 6.07 Å². The van der Waals surface area contributed by atoms with Crippen molar-refractivity contribution in [2.75, 3.05) is 13.2 Å². The molecule has 1 aromatic heterocycles. The first kappa shape index (κ1) is 20.2. The van der Waals surface area contributed by atoms with Crippen molar-refractivity contribution in [3.8, 4) is 5.75 Å². The van der Waals surface area contributed by atoms with E-state index in [0.29, 0.717) is 11.9 Å². The first-order valence-corrected chi connectivity index (χ1v) is 8.78. The molecule has 0 amide bonds. The molecule has 0 bridgehead atoms. The Morgan fingerprint density at radius 3 is 2.41 bits per heavy atom. The molecule has 27 heavy (non-hydrogen) atoms. The Morgan fingerprint density at radius 1 is 1.07 bits per heavy atom. The maximum absolute atomic E-state index is 12.6. The molecule has 0 aliphatic carbocycles. The van der Waals surface area contributed by atoms with Gasteiger partial charge in [0.15, 0.2) is 0 Å². The summed E-state index contributed by atoms with van der Waals surface area (Å²) in [6.45, 7) is 7.89. The number of rotatable bonds is 7. The summed E-state index contributed by atoms with van der Waals surface area (Å²) >= 11 is 0. The summed E-state index contributed by atoms with van der Waals surface area (Å²) in [5, 5.41) is 1.22. The number of aryl methyl sites for hydroxylation is 1. The Balaban J connectivity index is 2.45. The first-order chi connectivity index (χ1) is 12.9. The standard InChI is InChI=1S/C20H23NO6/c1-5-21-13(4)10-14-8-9-15(11-16(14)19(21)23)27-17(20(24)26-7-3)12-18(22)25-6-2/h8-12H,5-7H2,1-4H3/b17-12-. The lowest BCUT2D eigenvalue weighted by molar-refractivity contribution is -0.143. The summed E-state index contributed by atoms with van der Waals surface area (Å²) in [7, 11) is 0. The van der Waals surface area contributed by atoms with E-state index in [0.717, 1.165) is 17.2 Å². The topological polar surface area (TPSA) is 83.8 Å². The Labute approximate surface area is 157 Å². The maximum atomic E-state index is 12.6. The van der Waals surface area contributed by atoms with Crippen LogP contribution in [0.15, 0.2) is 40.9 Å². The number of fused-ring (bicyclic) bond motifs is 1. The van der Waals surface area contributed by atoms with Crippen molar-refractivity contribution >= 4 is 22.7 Å². The smallest absolute Gasteiger partial charge is 0.374 e. The molecule has 2 aromatic rings. The maximum Gasteiger partial charge on any atom is 0.374 e. The number of ether oxygens (including phenoxy) is 3. The number of esters is 2. The summed E-state index contributed by atoms with van der Waals surface area (Å²) in [5.41, 5.74) is 0.711. The van der Waals surface area contributed by atoms with Crippen LogP contribution in [-0.2, 0) is 25.6 Å². The lowest BCUT2D eigenvalue weighted by Crippen LogP contribution is -2.21. The van der Waals surface area contributed by atoms with Crippen molar-refractivity contribution in [2.24, 2.45) is 0 Å². The molecule has 1 heterocycles. The molecule has 0 saturated heterocycles. The fraction of sp³-hybridized carbons (Fsp3) is 0.350.